The number of rotatable bonds is 9. The zero-order chi connectivity index (χ0) is 23.1. The molecule has 0 spiro atoms. The minimum atomic E-state index is -0.594. The predicted octanol–water partition coefficient (Wildman–Crippen LogP) is 4.16. The summed E-state index contributed by atoms with van der Waals surface area (Å²) in [6, 6.07) is 13.9. The van der Waals surface area contributed by atoms with Crippen molar-refractivity contribution in [3.63, 3.8) is 0 Å². The van der Waals surface area contributed by atoms with Crippen molar-refractivity contribution < 1.29 is 28.6 Å². The number of benzene rings is 2. The Labute approximate surface area is 189 Å². The normalized spacial score (nSPS) is 10.3. The highest BCUT2D eigenvalue weighted by Gasteiger charge is 2.18. The number of hydrogen-bond acceptors (Lipinski definition) is 8. The lowest BCUT2D eigenvalue weighted by Gasteiger charge is -2.17. The van der Waals surface area contributed by atoms with E-state index < -0.39 is 5.97 Å². The lowest BCUT2D eigenvalue weighted by Crippen LogP contribution is -2.22. The number of anilines is 2. The smallest absolute Gasteiger partial charge is 0.344 e. The molecule has 1 heterocycles. The van der Waals surface area contributed by atoms with Crippen LogP contribution < -0.4 is 14.4 Å². The third-order valence-electron chi connectivity index (χ3n) is 4.36. The van der Waals surface area contributed by atoms with Crippen LogP contribution in [-0.2, 0) is 20.9 Å². The molecular formula is C23H22N2O6S. The maximum Gasteiger partial charge on any atom is 0.344 e. The molecule has 9 heteroatoms. The number of para-hydroxylation sites is 1. The number of carbonyl (C=O) groups excluding carboxylic acids is 3. The maximum absolute atomic E-state index is 12.1. The van der Waals surface area contributed by atoms with Crippen molar-refractivity contribution in [2.75, 3.05) is 18.6 Å². The van der Waals surface area contributed by atoms with Gasteiger partial charge in [0.2, 0.25) is 5.91 Å². The molecule has 32 heavy (non-hydrogen) atoms. The van der Waals surface area contributed by atoms with Crippen LogP contribution in [0.2, 0.25) is 0 Å². The molecule has 0 saturated heterocycles. The highest BCUT2D eigenvalue weighted by atomic mass is 32.1. The molecule has 3 aromatic rings. The first kappa shape index (κ1) is 23.0. The highest BCUT2D eigenvalue weighted by Crippen LogP contribution is 2.30. The summed E-state index contributed by atoms with van der Waals surface area (Å²) in [5.74, 6) is -0.200. The molecule has 0 N–H and O–H groups in total. The van der Waals surface area contributed by atoms with Crippen LogP contribution >= 0.6 is 11.3 Å². The van der Waals surface area contributed by atoms with E-state index in [1.165, 1.54) is 37.2 Å². The van der Waals surface area contributed by atoms with Gasteiger partial charge in [0, 0.05) is 17.9 Å². The van der Waals surface area contributed by atoms with E-state index in [2.05, 4.69) is 4.98 Å². The van der Waals surface area contributed by atoms with Crippen molar-refractivity contribution in [2.24, 2.45) is 0 Å². The van der Waals surface area contributed by atoms with Gasteiger partial charge < -0.3 is 14.2 Å². The van der Waals surface area contributed by atoms with Crippen molar-refractivity contribution in [1.82, 2.24) is 4.98 Å². The van der Waals surface area contributed by atoms with Crippen LogP contribution in [0.15, 0.2) is 53.9 Å². The van der Waals surface area contributed by atoms with Crippen LogP contribution in [0.5, 0.6) is 11.5 Å². The van der Waals surface area contributed by atoms with Gasteiger partial charge in [-0.05, 0) is 37.3 Å². The summed E-state index contributed by atoms with van der Waals surface area (Å²) in [6.07, 6.45) is 0. The maximum atomic E-state index is 12.1. The Morgan fingerprint density at radius 3 is 2.44 bits per heavy atom. The Morgan fingerprint density at radius 2 is 1.78 bits per heavy atom. The van der Waals surface area contributed by atoms with Crippen molar-refractivity contribution >= 4 is 39.8 Å². The average molecular weight is 455 g/mol. The second-order valence-corrected chi connectivity index (χ2v) is 7.52. The summed E-state index contributed by atoms with van der Waals surface area (Å²) in [6.45, 7) is 2.52. The first-order valence-electron chi connectivity index (χ1n) is 9.66. The molecule has 2 aromatic carbocycles. The number of ether oxygens (including phenoxy) is 3. The van der Waals surface area contributed by atoms with Gasteiger partial charge in [-0.2, -0.15) is 0 Å². The van der Waals surface area contributed by atoms with Crippen LogP contribution in [0.4, 0.5) is 10.8 Å². The lowest BCUT2D eigenvalue weighted by atomic mass is 10.1. The van der Waals surface area contributed by atoms with Gasteiger partial charge in [-0.15, -0.1) is 11.3 Å². The fourth-order valence-electron chi connectivity index (χ4n) is 2.81. The van der Waals surface area contributed by atoms with Crippen LogP contribution in [0, 0.1) is 0 Å². The van der Waals surface area contributed by atoms with Crippen LogP contribution in [0.3, 0.4) is 0 Å². The van der Waals surface area contributed by atoms with E-state index in [0.29, 0.717) is 33.6 Å². The Morgan fingerprint density at radius 1 is 1.03 bits per heavy atom. The van der Waals surface area contributed by atoms with Gasteiger partial charge >= 0.3 is 5.97 Å². The van der Waals surface area contributed by atoms with E-state index >= 15 is 0 Å². The van der Waals surface area contributed by atoms with E-state index in [1.54, 1.807) is 23.6 Å². The third-order valence-corrected chi connectivity index (χ3v) is 5.23. The summed E-state index contributed by atoms with van der Waals surface area (Å²) < 4.78 is 15.9. The van der Waals surface area contributed by atoms with E-state index in [-0.39, 0.29) is 24.9 Å². The van der Waals surface area contributed by atoms with Crippen LogP contribution in [0.25, 0.3) is 0 Å². The molecule has 1 aromatic heterocycles. The molecule has 0 atom stereocenters. The van der Waals surface area contributed by atoms with Gasteiger partial charge in [0.1, 0.15) is 6.61 Å². The second-order valence-electron chi connectivity index (χ2n) is 6.68. The van der Waals surface area contributed by atoms with E-state index in [1.807, 2.05) is 30.3 Å². The molecule has 0 unspecified atom stereocenters. The number of ketones is 1. The molecule has 0 radical (unpaired) electrons. The van der Waals surface area contributed by atoms with Gasteiger partial charge in [-0.3, -0.25) is 14.5 Å². The molecule has 166 valence electrons. The molecule has 0 aliphatic rings. The van der Waals surface area contributed by atoms with Crippen molar-refractivity contribution in [3.8, 4) is 11.5 Å². The average Bonchev–Trinajstić information content (AvgIpc) is 3.25. The van der Waals surface area contributed by atoms with Gasteiger partial charge in [0.25, 0.3) is 0 Å². The molecule has 0 aliphatic heterocycles. The number of amides is 1. The van der Waals surface area contributed by atoms with Gasteiger partial charge in [-0.1, -0.05) is 18.2 Å². The van der Waals surface area contributed by atoms with Crippen molar-refractivity contribution in [2.45, 2.75) is 20.5 Å². The second kappa shape index (κ2) is 10.5. The number of carbonyl (C=O) groups is 3. The Kier molecular flexibility index (Phi) is 7.56. The summed E-state index contributed by atoms with van der Waals surface area (Å²) in [5, 5.41) is 2.22. The number of thiazole rings is 1. The number of Topliss-reactive ketones (excluding diaryl/α,β-unsaturated/α-hetero) is 1. The topological polar surface area (TPSA) is 95.0 Å². The summed E-state index contributed by atoms with van der Waals surface area (Å²) in [5.41, 5.74) is 1.70. The predicted molar refractivity (Wildman–Crippen MR) is 120 cm³/mol. The SMILES string of the molecule is COc1cc(C(C)=O)ccc1OCC(=O)OCc1csc(N(C(C)=O)c2ccccc2)n1. The van der Waals surface area contributed by atoms with Gasteiger partial charge in [0.15, 0.2) is 29.0 Å². The van der Waals surface area contributed by atoms with Gasteiger partial charge in [-0.25, -0.2) is 9.78 Å². The molecule has 3 rings (SSSR count). The fraction of sp³-hybridized carbons (Fsp3) is 0.217. The first-order valence-corrected chi connectivity index (χ1v) is 10.5. The van der Waals surface area contributed by atoms with E-state index in [0.717, 1.165) is 0 Å². The third kappa shape index (κ3) is 5.70. The molecule has 0 bridgehead atoms. The number of esters is 1. The van der Waals surface area contributed by atoms with E-state index in [9.17, 15) is 14.4 Å². The first-order chi connectivity index (χ1) is 15.4. The molecule has 0 saturated carbocycles. The summed E-state index contributed by atoms with van der Waals surface area (Å²) in [7, 11) is 1.45. The van der Waals surface area contributed by atoms with Crippen molar-refractivity contribution in [1.29, 1.82) is 0 Å². The van der Waals surface area contributed by atoms with Crippen LogP contribution in [-0.4, -0.2) is 36.4 Å². The Hall–Kier alpha value is -3.72. The molecule has 0 fully saturated rings. The summed E-state index contributed by atoms with van der Waals surface area (Å²) >= 11 is 1.28. The largest absolute Gasteiger partial charge is 0.493 e. The number of aromatic nitrogens is 1. The zero-order valence-corrected chi connectivity index (χ0v) is 18.7. The molecule has 0 aliphatic carbocycles. The molecule has 8 nitrogen and oxygen atoms in total. The number of hydrogen-bond donors (Lipinski definition) is 0. The zero-order valence-electron chi connectivity index (χ0n) is 17.9. The monoisotopic (exact) mass is 454 g/mol. The fourth-order valence-corrected chi connectivity index (χ4v) is 3.68. The van der Waals surface area contributed by atoms with Gasteiger partial charge in [0.05, 0.1) is 18.5 Å². The minimum Gasteiger partial charge on any atom is -0.493 e. The summed E-state index contributed by atoms with van der Waals surface area (Å²) in [4.78, 5) is 41.6. The lowest BCUT2D eigenvalue weighted by molar-refractivity contribution is -0.147. The molecule has 1 amide bonds. The Bertz CT molecular complexity index is 1110. The quantitative estimate of drug-likeness (QED) is 0.354. The minimum absolute atomic E-state index is 0.0559. The van der Waals surface area contributed by atoms with Crippen LogP contribution in [0.1, 0.15) is 29.9 Å². The highest BCUT2D eigenvalue weighted by molar-refractivity contribution is 7.14. The van der Waals surface area contributed by atoms with E-state index in [4.69, 9.17) is 14.2 Å². The number of methoxy groups -OCH3 is 1. The van der Waals surface area contributed by atoms with Crippen molar-refractivity contribution in [3.05, 3.63) is 65.2 Å². The Balaban J connectivity index is 1.58. The standard InChI is InChI=1S/C23H22N2O6S/c1-15(26)17-9-10-20(21(11-17)29-3)30-13-22(28)31-12-18-14-32-23(24-18)25(16(2)27)19-7-5-4-6-8-19/h4-11,14H,12-13H2,1-3H3. The molecular weight excluding hydrogens is 432 g/mol. The number of nitrogens with zero attached hydrogens (tertiary/aromatic N) is 2.